The van der Waals surface area contributed by atoms with E-state index in [0.29, 0.717) is 6.42 Å². The highest BCUT2D eigenvalue weighted by molar-refractivity contribution is 6.01. The van der Waals surface area contributed by atoms with Crippen molar-refractivity contribution in [1.82, 2.24) is 10.6 Å². The van der Waals surface area contributed by atoms with Gasteiger partial charge in [0.1, 0.15) is 6.04 Å². The van der Waals surface area contributed by atoms with Crippen molar-refractivity contribution in [3.63, 3.8) is 0 Å². The van der Waals surface area contributed by atoms with Crippen LogP contribution in [0.5, 0.6) is 0 Å². The van der Waals surface area contributed by atoms with Gasteiger partial charge < -0.3 is 11.1 Å². The number of nitrogens with one attached hydrogen (secondary N) is 2. The van der Waals surface area contributed by atoms with Gasteiger partial charge in [-0.2, -0.15) is 0 Å². The van der Waals surface area contributed by atoms with E-state index in [1.807, 2.05) is 0 Å². The summed E-state index contributed by atoms with van der Waals surface area (Å²) in [6, 6.07) is -0.617. The smallest absolute Gasteiger partial charge is 0.249 e. The Kier molecular flexibility index (Phi) is 2.97. The van der Waals surface area contributed by atoms with Crippen molar-refractivity contribution in [2.24, 2.45) is 5.73 Å². The van der Waals surface area contributed by atoms with E-state index in [1.54, 1.807) is 0 Å². The molecule has 1 unspecified atom stereocenters. The van der Waals surface area contributed by atoms with Crippen LogP contribution in [0.4, 0.5) is 0 Å². The standard InChI is InChI=1S/C7H11N3O3/c8-3-6(12)9-4-1-2-5(11)10-7(4)13/h4H,1-3,8H2,(H,9,12)(H,10,11,13). The Balaban J connectivity index is 2.47. The van der Waals surface area contributed by atoms with Crippen molar-refractivity contribution >= 4 is 17.7 Å². The third-order valence-corrected chi connectivity index (χ3v) is 1.76. The Labute approximate surface area is 74.8 Å². The van der Waals surface area contributed by atoms with Crippen LogP contribution in [0.2, 0.25) is 0 Å². The van der Waals surface area contributed by atoms with Crippen LogP contribution in [0.15, 0.2) is 0 Å². The Morgan fingerprint density at radius 3 is 2.85 bits per heavy atom. The first kappa shape index (κ1) is 9.66. The molecule has 0 saturated carbocycles. The summed E-state index contributed by atoms with van der Waals surface area (Å²) in [5, 5.41) is 4.54. The van der Waals surface area contributed by atoms with Crippen LogP contribution in [0, 0.1) is 0 Å². The zero-order valence-corrected chi connectivity index (χ0v) is 7.00. The fourth-order valence-electron chi connectivity index (χ4n) is 1.08. The van der Waals surface area contributed by atoms with Crippen molar-refractivity contribution in [2.45, 2.75) is 18.9 Å². The number of carbonyl (C=O) groups excluding carboxylic acids is 3. The van der Waals surface area contributed by atoms with Crippen LogP contribution in [0.25, 0.3) is 0 Å². The molecule has 1 aliphatic heterocycles. The van der Waals surface area contributed by atoms with E-state index in [0.717, 1.165) is 0 Å². The topological polar surface area (TPSA) is 101 Å². The van der Waals surface area contributed by atoms with E-state index in [1.165, 1.54) is 0 Å². The third-order valence-electron chi connectivity index (χ3n) is 1.76. The average molecular weight is 185 g/mol. The lowest BCUT2D eigenvalue weighted by molar-refractivity contribution is -0.137. The molecule has 1 rings (SSSR count). The molecule has 0 aromatic carbocycles. The number of amides is 3. The van der Waals surface area contributed by atoms with Crippen LogP contribution in [0.3, 0.4) is 0 Å². The maximum absolute atomic E-state index is 11.1. The van der Waals surface area contributed by atoms with Crippen molar-refractivity contribution < 1.29 is 14.4 Å². The first-order chi connectivity index (χ1) is 6.13. The van der Waals surface area contributed by atoms with Gasteiger partial charge in [-0.15, -0.1) is 0 Å². The fraction of sp³-hybridized carbons (Fsp3) is 0.571. The molecule has 0 aromatic heterocycles. The molecule has 6 heteroatoms. The summed E-state index contributed by atoms with van der Waals surface area (Å²) in [6.45, 7) is -0.155. The second kappa shape index (κ2) is 3.99. The predicted molar refractivity (Wildman–Crippen MR) is 43.4 cm³/mol. The van der Waals surface area contributed by atoms with Crippen molar-refractivity contribution in [1.29, 1.82) is 0 Å². The lowest BCUT2D eigenvalue weighted by Crippen LogP contribution is -2.53. The highest BCUT2D eigenvalue weighted by Crippen LogP contribution is 2.03. The number of carbonyl (C=O) groups is 3. The predicted octanol–water partition coefficient (Wildman–Crippen LogP) is -2.13. The van der Waals surface area contributed by atoms with E-state index in [2.05, 4.69) is 10.6 Å². The molecule has 13 heavy (non-hydrogen) atoms. The molecule has 3 amide bonds. The largest absolute Gasteiger partial charge is 0.343 e. The minimum Gasteiger partial charge on any atom is -0.343 e. The number of hydrogen-bond donors (Lipinski definition) is 3. The second-order valence-corrected chi connectivity index (χ2v) is 2.78. The van der Waals surface area contributed by atoms with Crippen molar-refractivity contribution in [3.05, 3.63) is 0 Å². The minimum absolute atomic E-state index is 0.155. The molecule has 6 nitrogen and oxygen atoms in total. The summed E-state index contributed by atoms with van der Waals surface area (Å²) in [5.74, 6) is -1.16. The van der Waals surface area contributed by atoms with Gasteiger partial charge in [-0.1, -0.05) is 0 Å². The Morgan fingerprint density at radius 1 is 1.62 bits per heavy atom. The van der Waals surface area contributed by atoms with Gasteiger partial charge in [0.2, 0.25) is 17.7 Å². The van der Waals surface area contributed by atoms with E-state index in [-0.39, 0.29) is 18.9 Å². The minimum atomic E-state index is -0.617. The molecule has 0 aliphatic carbocycles. The molecule has 1 heterocycles. The maximum Gasteiger partial charge on any atom is 0.249 e. The van der Waals surface area contributed by atoms with Crippen molar-refractivity contribution in [3.8, 4) is 0 Å². The lowest BCUT2D eigenvalue weighted by atomic mass is 10.1. The monoisotopic (exact) mass is 185 g/mol. The molecule has 0 spiro atoms. The summed E-state index contributed by atoms with van der Waals surface area (Å²) in [5.41, 5.74) is 5.05. The van der Waals surface area contributed by atoms with Crippen LogP contribution in [-0.2, 0) is 14.4 Å². The Hall–Kier alpha value is -1.43. The zero-order chi connectivity index (χ0) is 9.84. The van der Waals surface area contributed by atoms with Gasteiger partial charge in [-0.3, -0.25) is 19.7 Å². The molecule has 1 saturated heterocycles. The van der Waals surface area contributed by atoms with E-state index < -0.39 is 17.9 Å². The lowest BCUT2D eigenvalue weighted by Gasteiger charge is -2.21. The van der Waals surface area contributed by atoms with Crippen LogP contribution >= 0.6 is 0 Å². The molecule has 1 aliphatic rings. The summed E-state index contributed by atoms with van der Waals surface area (Å²) in [4.78, 5) is 32.6. The average Bonchev–Trinajstić information content (AvgIpc) is 2.09. The van der Waals surface area contributed by atoms with Gasteiger partial charge in [-0.05, 0) is 6.42 Å². The fourth-order valence-corrected chi connectivity index (χ4v) is 1.08. The quantitative estimate of drug-likeness (QED) is 0.427. The third kappa shape index (κ3) is 2.51. The SMILES string of the molecule is NCC(=O)NC1CCC(=O)NC1=O. The molecule has 4 N–H and O–H groups in total. The molecular formula is C7H11N3O3. The van der Waals surface area contributed by atoms with Gasteiger partial charge in [0.05, 0.1) is 6.54 Å². The van der Waals surface area contributed by atoms with Gasteiger partial charge in [0, 0.05) is 6.42 Å². The number of hydrogen-bond acceptors (Lipinski definition) is 4. The highest BCUT2D eigenvalue weighted by atomic mass is 16.2. The number of nitrogens with two attached hydrogens (primary N) is 1. The summed E-state index contributed by atoms with van der Waals surface area (Å²) < 4.78 is 0. The van der Waals surface area contributed by atoms with Crippen LogP contribution in [0.1, 0.15) is 12.8 Å². The normalized spacial score (nSPS) is 22.4. The molecule has 72 valence electrons. The number of rotatable bonds is 2. The number of piperidine rings is 1. The van der Waals surface area contributed by atoms with Crippen LogP contribution < -0.4 is 16.4 Å². The van der Waals surface area contributed by atoms with E-state index in [9.17, 15) is 14.4 Å². The van der Waals surface area contributed by atoms with Gasteiger partial charge >= 0.3 is 0 Å². The Morgan fingerprint density at radius 2 is 2.31 bits per heavy atom. The molecule has 1 atom stereocenters. The maximum atomic E-state index is 11.1. The summed E-state index contributed by atoms with van der Waals surface area (Å²) in [6.07, 6.45) is 0.595. The van der Waals surface area contributed by atoms with Gasteiger partial charge in [-0.25, -0.2) is 0 Å². The van der Waals surface area contributed by atoms with Crippen molar-refractivity contribution in [2.75, 3.05) is 6.54 Å². The first-order valence-electron chi connectivity index (χ1n) is 3.96. The molecule has 0 radical (unpaired) electrons. The second-order valence-electron chi connectivity index (χ2n) is 2.78. The van der Waals surface area contributed by atoms with Gasteiger partial charge in [0.25, 0.3) is 0 Å². The zero-order valence-electron chi connectivity index (χ0n) is 7.00. The highest BCUT2D eigenvalue weighted by Gasteiger charge is 2.27. The molecule has 1 fully saturated rings. The Bertz CT molecular complexity index is 251. The van der Waals surface area contributed by atoms with Crippen LogP contribution in [-0.4, -0.2) is 30.3 Å². The van der Waals surface area contributed by atoms with E-state index >= 15 is 0 Å². The molecule has 0 aromatic rings. The van der Waals surface area contributed by atoms with E-state index in [4.69, 9.17) is 5.73 Å². The summed E-state index contributed by atoms with van der Waals surface area (Å²) in [7, 11) is 0. The van der Waals surface area contributed by atoms with Gasteiger partial charge in [0.15, 0.2) is 0 Å². The summed E-state index contributed by atoms with van der Waals surface area (Å²) >= 11 is 0. The molecular weight excluding hydrogens is 174 g/mol. The molecule has 0 bridgehead atoms. The first-order valence-corrected chi connectivity index (χ1v) is 3.96. The number of imide groups is 1.